The molecule has 3 aromatic rings. The zero-order chi connectivity index (χ0) is 22.2. The number of allylic oxidation sites excluding steroid dienone is 3. The van der Waals surface area contributed by atoms with Gasteiger partial charge in [0, 0.05) is 54.1 Å². The molecule has 2 aromatic heterocycles. The molecule has 2 aliphatic heterocycles. The number of aromatic amines is 1. The molecule has 3 aliphatic rings. The number of fused-ring (bicyclic) bond motifs is 2. The standard InChI is InChI=1S/C25H27FN6O/c26-18-12-21(20-4-6-28-22(20)13-18)23-14-24(32-7-9-33-10-8-32)31-25(30-23)29-19-2-1-16-3-5-27-15-17(16)11-19/h1-2,4,6,12-14,17,27-28H,3,5,7-11,15H2,(H,29,30,31). The summed E-state index contributed by atoms with van der Waals surface area (Å²) in [4.78, 5) is 15.0. The fraction of sp³-hybridized carbons (Fsp3) is 0.360. The largest absolute Gasteiger partial charge is 0.378 e. The summed E-state index contributed by atoms with van der Waals surface area (Å²) in [5, 5.41) is 7.89. The number of H-pyrrole nitrogens is 1. The predicted molar refractivity (Wildman–Crippen MR) is 128 cm³/mol. The number of ether oxygens (including phenoxy) is 1. The van der Waals surface area contributed by atoms with Gasteiger partial charge in [-0.15, -0.1) is 0 Å². The quantitative estimate of drug-likeness (QED) is 0.565. The van der Waals surface area contributed by atoms with Gasteiger partial charge in [0.05, 0.1) is 18.9 Å². The Hall–Kier alpha value is -3.23. The van der Waals surface area contributed by atoms with Gasteiger partial charge in [0.2, 0.25) is 5.95 Å². The number of morpholine rings is 1. The van der Waals surface area contributed by atoms with Gasteiger partial charge in [0.25, 0.3) is 0 Å². The second-order valence-corrected chi connectivity index (χ2v) is 8.84. The zero-order valence-electron chi connectivity index (χ0n) is 18.4. The summed E-state index contributed by atoms with van der Waals surface area (Å²) in [6.45, 7) is 4.91. The molecule has 2 fully saturated rings. The van der Waals surface area contributed by atoms with Crippen LogP contribution in [0.4, 0.5) is 16.2 Å². The van der Waals surface area contributed by atoms with Crippen LogP contribution in [0, 0.1) is 11.7 Å². The molecule has 1 aliphatic carbocycles. The van der Waals surface area contributed by atoms with Gasteiger partial charge in [-0.05, 0) is 49.6 Å². The molecule has 2 saturated heterocycles. The van der Waals surface area contributed by atoms with Crippen LogP contribution < -0.4 is 15.5 Å². The van der Waals surface area contributed by atoms with Crippen LogP contribution in [-0.2, 0) is 4.74 Å². The Bertz CT molecular complexity index is 1240. The average Bonchev–Trinajstić information content (AvgIpc) is 3.32. The van der Waals surface area contributed by atoms with Crippen molar-refractivity contribution in [1.29, 1.82) is 0 Å². The fourth-order valence-electron chi connectivity index (χ4n) is 4.97. The maximum absolute atomic E-state index is 14.4. The molecule has 1 atom stereocenters. The first-order valence-corrected chi connectivity index (χ1v) is 11.6. The van der Waals surface area contributed by atoms with E-state index < -0.39 is 0 Å². The van der Waals surface area contributed by atoms with E-state index in [1.165, 1.54) is 11.6 Å². The minimum absolute atomic E-state index is 0.293. The Labute approximate surface area is 191 Å². The summed E-state index contributed by atoms with van der Waals surface area (Å²) >= 11 is 0. The number of nitrogens with zero attached hydrogens (tertiary/aromatic N) is 3. The molecule has 0 amide bonds. The lowest BCUT2D eigenvalue weighted by atomic mass is 9.85. The summed E-state index contributed by atoms with van der Waals surface area (Å²) in [6.07, 6.45) is 8.25. The molecule has 0 saturated carbocycles. The third kappa shape index (κ3) is 4.12. The Balaban J connectivity index is 1.40. The number of hydrogen-bond donors (Lipinski definition) is 3. The van der Waals surface area contributed by atoms with Crippen molar-refractivity contribution < 1.29 is 9.13 Å². The van der Waals surface area contributed by atoms with Crippen molar-refractivity contribution in [3.05, 3.63) is 59.7 Å². The van der Waals surface area contributed by atoms with Crippen LogP contribution in [0.2, 0.25) is 0 Å². The number of aromatic nitrogens is 3. The van der Waals surface area contributed by atoms with E-state index in [2.05, 4.69) is 32.7 Å². The van der Waals surface area contributed by atoms with E-state index in [4.69, 9.17) is 14.7 Å². The van der Waals surface area contributed by atoms with Gasteiger partial charge in [-0.1, -0.05) is 11.6 Å². The summed E-state index contributed by atoms with van der Waals surface area (Å²) in [6, 6.07) is 6.97. The summed E-state index contributed by atoms with van der Waals surface area (Å²) < 4.78 is 19.9. The molecule has 4 heterocycles. The van der Waals surface area contributed by atoms with Gasteiger partial charge in [0.1, 0.15) is 11.6 Å². The third-order valence-electron chi connectivity index (χ3n) is 6.70. The van der Waals surface area contributed by atoms with Crippen LogP contribution in [-0.4, -0.2) is 54.3 Å². The van der Waals surface area contributed by atoms with Crippen LogP contribution >= 0.6 is 0 Å². The van der Waals surface area contributed by atoms with Crippen molar-refractivity contribution in [1.82, 2.24) is 20.3 Å². The SMILES string of the molecule is Fc1cc(-c2cc(N3CCOCC3)nc(NC3=CC=C4CCNCC4C3)n2)c2cc[nH]c2c1. The van der Waals surface area contributed by atoms with Crippen molar-refractivity contribution in [2.45, 2.75) is 12.8 Å². The number of hydrogen-bond acceptors (Lipinski definition) is 6. The summed E-state index contributed by atoms with van der Waals surface area (Å²) in [5.41, 5.74) is 4.82. The molecule has 3 N–H and O–H groups in total. The highest BCUT2D eigenvalue weighted by Gasteiger charge is 2.23. The Morgan fingerprint density at radius 1 is 1.12 bits per heavy atom. The van der Waals surface area contributed by atoms with Crippen molar-refractivity contribution >= 4 is 22.7 Å². The number of anilines is 2. The Morgan fingerprint density at radius 2 is 2.03 bits per heavy atom. The molecular weight excluding hydrogens is 419 g/mol. The lowest BCUT2D eigenvalue weighted by Crippen LogP contribution is -2.37. The zero-order valence-corrected chi connectivity index (χ0v) is 18.4. The van der Waals surface area contributed by atoms with Gasteiger partial charge < -0.3 is 25.3 Å². The molecule has 0 spiro atoms. The molecule has 33 heavy (non-hydrogen) atoms. The van der Waals surface area contributed by atoms with E-state index in [-0.39, 0.29) is 5.82 Å². The average molecular weight is 447 g/mol. The highest BCUT2D eigenvalue weighted by Crippen LogP contribution is 2.33. The normalized spacial score (nSPS) is 20.9. The monoisotopic (exact) mass is 446 g/mol. The first-order valence-electron chi connectivity index (χ1n) is 11.6. The van der Waals surface area contributed by atoms with Crippen molar-refractivity contribution in [3.63, 3.8) is 0 Å². The minimum Gasteiger partial charge on any atom is -0.378 e. The Morgan fingerprint density at radius 3 is 2.94 bits per heavy atom. The summed E-state index contributed by atoms with van der Waals surface area (Å²) in [7, 11) is 0. The second kappa shape index (κ2) is 8.61. The van der Waals surface area contributed by atoms with Crippen LogP contribution in [0.15, 0.2) is 53.9 Å². The molecular formula is C25H27FN6O. The fourth-order valence-corrected chi connectivity index (χ4v) is 4.97. The van der Waals surface area contributed by atoms with E-state index in [0.717, 1.165) is 67.0 Å². The highest BCUT2D eigenvalue weighted by atomic mass is 19.1. The van der Waals surface area contributed by atoms with Gasteiger partial charge >= 0.3 is 0 Å². The van der Waals surface area contributed by atoms with E-state index in [1.54, 1.807) is 6.07 Å². The van der Waals surface area contributed by atoms with Gasteiger partial charge in [-0.2, -0.15) is 4.98 Å². The summed E-state index contributed by atoms with van der Waals surface area (Å²) in [5.74, 6) is 1.58. The molecule has 6 rings (SSSR count). The van der Waals surface area contributed by atoms with Gasteiger partial charge in [-0.25, -0.2) is 9.37 Å². The van der Waals surface area contributed by atoms with Crippen molar-refractivity contribution in [2.24, 2.45) is 5.92 Å². The smallest absolute Gasteiger partial charge is 0.229 e. The third-order valence-corrected chi connectivity index (χ3v) is 6.70. The molecule has 8 heteroatoms. The number of halogens is 1. The lowest BCUT2D eigenvalue weighted by Gasteiger charge is -2.30. The van der Waals surface area contributed by atoms with Crippen LogP contribution in [0.5, 0.6) is 0 Å². The Kier molecular flexibility index (Phi) is 5.32. The second-order valence-electron chi connectivity index (χ2n) is 8.84. The predicted octanol–water partition coefficient (Wildman–Crippen LogP) is 3.84. The molecule has 7 nitrogen and oxygen atoms in total. The number of benzene rings is 1. The minimum atomic E-state index is -0.293. The van der Waals surface area contributed by atoms with E-state index in [1.807, 2.05) is 18.3 Å². The van der Waals surface area contributed by atoms with E-state index >= 15 is 0 Å². The topological polar surface area (TPSA) is 78.1 Å². The maximum Gasteiger partial charge on any atom is 0.229 e. The van der Waals surface area contributed by atoms with Crippen LogP contribution in [0.3, 0.4) is 0 Å². The lowest BCUT2D eigenvalue weighted by molar-refractivity contribution is 0.122. The van der Waals surface area contributed by atoms with Crippen LogP contribution in [0.1, 0.15) is 12.8 Å². The number of piperidine rings is 1. The molecule has 0 bridgehead atoms. The van der Waals surface area contributed by atoms with Crippen molar-refractivity contribution in [3.8, 4) is 11.3 Å². The van der Waals surface area contributed by atoms with E-state index in [0.29, 0.717) is 30.8 Å². The molecule has 170 valence electrons. The van der Waals surface area contributed by atoms with E-state index in [9.17, 15) is 4.39 Å². The van der Waals surface area contributed by atoms with Gasteiger partial charge in [-0.3, -0.25) is 0 Å². The number of nitrogens with one attached hydrogen (secondary N) is 3. The first kappa shape index (κ1) is 20.4. The molecule has 1 aromatic carbocycles. The first-order chi connectivity index (χ1) is 16.2. The molecule has 0 radical (unpaired) electrons. The maximum atomic E-state index is 14.4. The van der Waals surface area contributed by atoms with Gasteiger partial charge in [0.15, 0.2) is 0 Å². The molecule has 1 unspecified atom stereocenters. The highest BCUT2D eigenvalue weighted by molar-refractivity contribution is 5.94. The number of rotatable bonds is 4. The van der Waals surface area contributed by atoms with Crippen LogP contribution in [0.25, 0.3) is 22.2 Å². The van der Waals surface area contributed by atoms with Crippen molar-refractivity contribution in [2.75, 3.05) is 49.6 Å².